The Morgan fingerprint density at radius 2 is 2.28 bits per heavy atom. The number of sulfonamides is 1. The van der Waals surface area contributed by atoms with Crippen molar-refractivity contribution in [1.29, 1.82) is 5.26 Å². The fraction of sp³-hybridized carbons (Fsp3) is 0.455. The summed E-state index contributed by atoms with van der Waals surface area (Å²) in [7, 11) is -2.07. The van der Waals surface area contributed by atoms with Crippen LogP contribution in [0.1, 0.15) is 18.5 Å². The van der Waals surface area contributed by atoms with Crippen molar-refractivity contribution in [3.8, 4) is 6.07 Å². The van der Waals surface area contributed by atoms with E-state index >= 15 is 0 Å². The molecule has 0 amide bonds. The second-order valence-corrected chi connectivity index (χ2v) is 5.30. The summed E-state index contributed by atoms with van der Waals surface area (Å²) in [6, 6.07) is 4.61. The number of hydrogen-bond acceptors (Lipinski definition) is 5. The second kappa shape index (κ2) is 7.06. The Labute approximate surface area is 107 Å². The van der Waals surface area contributed by atoms with Gasteiger partial charge < -0.3 is 4.74 Å². The number of nitriles is 1. The second-order valence-electron chi connectivity index (χ2n) is 3.56. The van der Waals surface area contributed by atoms with Gasteiger partial charge in [0.25, 0.3) is 0 Å². The molecule has 0 aromatic carbocycles. The highest BCUT2D eigenvalue weighted by Gasteiger charge is 2.18. The number of aromatic nitrogens is 1. The normalized spacial score (nSPS) is 11.1. The van der Waals surface area contributed by atoms with E-state index in [1.807, 2.05) is 0 Å². The molecule has 1 aromatic heterocycles. The first-order valence-electron chi connectivity index (χ1n) is 5.45. The van der Waals surface area contributed by atoms with Gasteiger partial charge in [0.05, 0.1) is 0 Å². The van der Waals surface area contributed by atoms with Crippen molar-refractivity contribution in [2.24, 2.45) is 0 Å². The number of methoxy groups -OCH3 is 1. The quantitative estimate of drug-likeness (QED) is 0.734. The van der Waals surface area contributed by atoms with E-state index in [1.54, 1.807) is 13.2 Å². The third-order valence-electron chi connectivity index (χ3n) is 2.23. The molecule has 0 aliphatic carbocycles. The summed E-state index contributed by atoms with van der Waals surface area (Å²) in [6.07, 6.45) is 2.84. The molecule has 18 heavy (non-hydrogen) atoms. The molecule has 0 atom stereocenters. The molecule has 1 rings (SSSR count). The summed E-state index contributed by atoms with van der Waals surface area (Å²) in [5.41, 5.74) is -0.0955. The van der Waals surface area contributed by atoms with Crippen molar-refractivity contribution in [3.63, 3.8) is 0 Å². The minimum Gasteiger partial charge on any atom is -0.385 e. The maximum Gasteiger partial charge on any atom is 0.243 e. The summed E-state index contributed by atoms with van der Waals surface area (Å²) in [4.78, 5) is 3.64. The Kier molecular flexibility index (Phi) is 5.71. The number of unbranched alkanes of at least 4 members (excludes halogenated alkanes) is 1. The fourth-order valence-electron chi connectivity index (χ4n) is 1.35. The first-order chi connectivity index (χ1) is 8.61. The SMILES string of the molecule is COCCCCNS(=O)(=O)c1cccnc1C#N. The molecule has 0 saturated heterocycles. The highest BCUT2D eigenvalue weighted by Crippen LogP contribution is 2.11. The van der Waals surface area contributed by atoms with Gasteiger partial charge in [0.1, 0.15) is 11.0 Å². The molecule has 0 radical (unpaired) electrons. The topological polar surface area (TPSA) is 92.1 Å². The highest BCUT2D eigenvalue weighted by molar-refractivity contribution is 7.89. The molecule has 1 aromatic rings. The Morgan fingerprint density at radius 3 is 2.94 bits per heavy atom. The maximum atomic E-state index is 11.9. The van der Waals surface area contributed by atoms with E-state index in [-0.39, 0.29) is 10.6 Å². The summed E-state index contributed by atoms with van der Waals surface area (Å²) in [5.74, 6) is 0. The zero-order valence-electron chi connectivity index (χ0n) is 10.1. The van der Waals surface area contributed by atoms with Crippen LogP contribution in [0, 0.1) is 11.3 Å². The van der Waals surface area contributed by atoms with Gasteiger partial charge in [0, 0.05) is 26.5 Å². The summed E-state index contributed by atoms with van der Waals surface area (Å²) < 4.78 is 31.1. The van der Waals surface area contributed by atoms with Gasteiger partial charge in [-0.2, -0.15) is 5.26 Å². The number of hydrogen-bond donors (Lipinski definition) is 1. The molecule has 0 fully saturated rings. The Hall–Kier alpha value is -1.49. The van der Waals surface area contributed by atoms with Crippen LogP contribution in [-0.2, 0) is 14.8 Å². The number of nitrogens with one attached hydrogen (secondary N) is 1. The first kappa shape index (κ1) is 14.6. The molecule has 1 N–H and O–H groups in total. The third kappa shape index (κ3) is 4.07. The zero-order valence-corrected chi connectivity index (χ0v) is 10.9. The van der Waals surface area contributed by atoms with E-state index in [9.17, 15) is 8.42 Å². The van der Waals surface area contributed by atoms with Crippen molar-refractivity contribution in [2.45, 2.75) is 17.7 Å². The van der Waals surface area contributed by atoms with Crippen molar-refractivity contribution in [2.75, 3.05) is 20.3 Å². The van der Waals surface area contributed by atoms with Gasteiger partial charge in [-0.05, 0) is 25.0 Å². The van der Waals surface area contributed by atoms with E-state index < -0.39 is 10.0 Å². The van der Waals surface area contributed by atoms with Crippen LogP contribution in [0.15, 0.2) is 23.2 Å². The Bertz CT molecular complexity index is 523. The summed E-state index contributed by atoms with van der Waals surface area (Å²) in [5, 5.41) is 8.80. The molecule has 0 bridgehead atoms. The van der Waals surface area contributed by atoms with Gasteiger partial charge in [-0.1, -0.05) is 0 Å². The lowest BCUT2D eigenvalue weighted by molar-refractivity contribution is 0.193. The predicted octanol–water partition coefficient (Wildman–Crippen LogP) is 0.658. The van der Waals surface area contributed by atoms with Crippen LogP contribution in [0.3, 0.4) is 0 Å². The van der Waals surface area contributed by atoms with Gasteiger partial charge in [0.15, 0.2) is 5.69 Å². The van der Waals surface area contributed by atoms with Crippen molar-refractivity contribution >= 4 is 10.0 Å². The first-order valence-corrected chi connectivity index (χ1v) is 6.94. The van der Waals surface area contributed by atoms with E-state index in [1.165, 1.54) is 18.3 Å². The maximum absolute atomic E-state index is 11.9. The van der Waals surface area contributed by atoms with Crippen molar-refractivity contribution < 1.29 is 13.2 Å². The highest BCUT2D eigenvalue weighted by atomic mass is 32.2. The Balaban J connectivity index is 2.67. The van der Waals surface area contributed by atoms with E-state index in [0.717, 1.165) is 6.42 Å². The number of pyridine rings is 1. The van der Waals surface area contributed by atoms with Gasteiger partial charge in [-0.15, -0.1) is 0 Å². The largest absolute Gasteiger partial charge is 0.385 e. The average molecular weight is 269 g/mol. The van der Waals surface area contributed by atoms with E-state index in [0.29, 0.717) is 19.6 Å². The Morgan fingerprint density at radius 1 is 1.50 bits per heavy atom. The lowest BCUT2D eigenvalue weighted by Gasteiger charge is -2.07. The molecule has 1 heterocycles. The van der Waals surface area contributed by atoms with Crippen molar-refractivity contribution in [1.82, 2.24) is 9.71 Å². The van der Waals surface area contributed by atoms with Crippen LogP contribution in [-0.4, -0.2) is 33.7 Å². The smallest absolute Gasteiger partial charge is 0.243 e. The fourth-order valence-corrected chi connectivity index (χ4v) is 2.53. The minimum atomic E-state index is -3.67. The number of ether oxygens (including phenoxy) is 1. The molecule has 0 aliphatic rings. The van der Waals surface area contributed by atoms with Crippen LogP contribution < -0.4 is 4.72 Å². The predicted molar refractivity (Wildman–Crippen MR) is 65.3 cm³/mol. The standard InChI is InChI=1S/C11H15N3O3S/c1-17-8-3-2-7-14-18(15,16)11-5-4-6-13-10(11)9-12/h4-6,14H,2-3,7-8H2,1H3. The van der Waals surface area contributed by atoms with Crippen LogP contribution in [0.4, 0.5) is 0 Å². The van der Waals surface area contributed by atoms with Crippen LogP contribution in [0.25, 0.3) is 0 Å². The van der Waals surface area contributed by atoms with Crippen LogP contribution in [0.2, 0.25) is 0 Å². The van der Waals surface area contributed by atoms with Gasteiger partial charge in [0.2, 0.25) is 10.0 Å². The van der Waals surface area contributed by atoms with Crippen molar-refractivity contribution in [3.05, 3.63) is 24.0 Å². The van der Waals surface area contributed by atoms with E-state index in [2.05, 4.69) is 9.71 Å². The zero-order chi connectivity index (χ0) is 13.4. The molecule has 98 valence electrons. The van der Waals surface area contributed by atoms with Gasteiger partial charge >= 0.3 is 0 Å². The van der Waals surface area contributed by atoms with Crippen LogP contribution >= 0.6 is 0 Å². The summed E-state index contributed by atoms with van der Waals surface area (Å²) >= 11 is 0. The molecule has 0 unspecified atom stereocenters. The minimum absolute atomic E-state index is 0.0840. The molecule has 0 aliphatic heterocycles. The monoisotopic (exact) mass is 269 g/mol. The van der Waals surface area contributed by atoms with Gasteiger partial charge in [-0.25, -0.2) is 18.1 Å². The average Bonchev–Trinajstić information content (AvgIpc) is 2.38. The molecule has 6 nitrogen and oxygen atoms in total. The number of nitrogens with zero attached hydrogens (tertiary/aromatic N) is 2. The number of rotatable bonds is 7. The van der Waals surface area contributed by atoms with Crippen LogP contribution in [0.5, 0.6) is 0 Å². The molecular weight excluding hydrogens is 254 g/mol. The molecular formula is C11H15N3O3S. The summed E-state index contributed by atoms with van der Waals surface area (Å²) in [6.45, 7) is 0.906. The third-order valence-corrected chi connectivity index (χ3v) is 3.73. The van der Waals surface area contributed by atoms with Gasteiger partial charge in [-0.3, -0.25) is 0 Å². The molecule has 0 saturated carbocycles. The molecule has 7 heteroatoms. The lowest BCUT2D eigenvalue weighted by atomic mass is 10.3. The lowest BCUT2D eigenvalue weighted by Crippen LogP contribution is -2.26. The molecule has 0 spiro atoms. The van der Waals surface area contributed by atoms with E-state index in [4.69, 9.17) is 10.00 Å².